The van der Waals surface area contributed by atoms with Gasteiger partial charge in [0, 0.05) is 16.0 Å². The van der Waals surface area contributed by atoms with Gasteiger partial charge in [-0.05, 0) is 36.6 Å². The SMILES string of the molecule is Cc1cc2cc(S)ccc2[nH]c1=O. The van der Waals surface area contributed by atoms with Crippen molar-refractivity contribution in [2.75, 3.05) is 0 Å². The molecule has 0 atom stereocenters. The third-order valence-corrected chi connectivity index (χ3v) is 2.29. The first kappa shape index (κ1) is 8.38. The van der Waals surface area contributed by atoms with Crippen LogP contribution in [-0.4, -0.2) is 4.98 Å². The van der Waals surface area contributed by atoms with Crippen molar-refractivity contribution in [2.24, 2.45) is 0 Å². The fourth-order valence-corrected chi connectivity index (χ4v) is 1.52. The van der Waals surface area contributed by atoms with E-state index < -0.39 is 0 Å². The number of aromatic amines is 1. The van der Waals surface area contributed by atoms with Crippen LogP contribution in [0.25, 0.3) is 10.9 Å². The van der Waals surface area contributed by atoms with Gasteiger partial charge in [0.05, 0.1) is 0 Å². The molecule has 1 aromatic carbocycles. The molecule has 0 aliphatic carbocycles. The number of nitrogens with one attached hydrogen (secondary N) is 1. The highest BCUT2D eigenvalue weighted by atomic mass is 32.1. The Kier molecular flexibility index (Phi) is 1.88. The average molecular weight is 191 g/mol. The van der Waals surface area contributed by atoms with Crippen molar-refractivity contribution >= 4 is 23.5 Å². The van der Waals surface area contributed by atoms with Crippen molar-refractivity contribution in [3.8, 4) is 0 Å². The molecule has 2 nitrogen and oxygen atoms in total. The van der Waals surface area contributed by atoms with Crippen LogP contribution in [0.1, 0.15) is 5.56 Å². The van der Waals surface area contributed by atoms with Gasteiger partial charge in [0.2, 0.25) is 0 Å². The molecule has 3 heteroatoms. The van der Waals surface area contributed by atoms with Gasteiger partial charge in [-0.25, -0.2) is 0 Å². The van der Waals surface area contributed by atoms with Gasteiger partial charge in [-0.3, -0.25) is 4.79 Å². The summed E-state index contributed by atoms with van der Waals surface area (Å²) in [4.78, 5) is 14.9. The number of hydrogen-bond acceptors (Lipinski definition) is 2. The maximum atomic E-state index is 11.2. The van der Waals surface area contributed by atoms with E-state index in [0.29, 0.717) is 0 Å². The summed E-state index contributed by atoms with van der Waals surface area (Å²) in [5.41, 5.74) is 1.55. The highest BCUT2D eigenvalue weighted by Crippen LogP contribution is 2.15. The molecule has 1 heterocycles. The van der Waals surface area contributed by atoms with Crippen LogP contribution < -0.4 is 5.56 Å². The molecule has 0 radical (unpaired) electrons. The summed E-state index contributed by atoms with van der Waals surface area (Å²) in [6, 6.07) is 7.52. The summed E-state index contributed by atoms with van der Waals surface area (Å²) >= 11 is 4.23. The van der Waals surface area contributed by atoms with E-state index in [4.69, 9.17) is 0 Å². The summed E-state index contributed by atoms with van der Waals surface area (Å²) in [5.74, 6) is 0. The van der Waals surface area contributed by atoms with Crippen LogP contribution in [0.4, 0.5) is 0 Å². The quantitative estimate of drug-likeness (QED) is 0.614. The number of H-pyrrole nitrogens is 1. The summed E-state index contributed by atoms with van der Waals surface area (Å²) in [7, 11) is 0. The fourth-order valence-electron chi connectivity index (χ4n) is 1.30. The van der Waals surface area contributed by atoms with Gasteiger partial charge >= 0.3 is 0 Å². The molecule has 0 fully saturated rings. The number of fused-ring (bicyclic) bond motifs is 1. The van der Waals surface area contributed by atoms with Gasteiger partial charge in [-0.2, -0.15) is 0 Å². The van der Waals surface area contributed by atoms with Crippen molar-refractivity contribution in [1.29, 1.82) is 0 Å². The van der Waals surface area contributed by atoms with E-state index in [0.717, 1.165) is 21.4 Å². The normalized spacial score (nSPS) is 10.6. The molecule has 13 heavy (non-hydrogen) atoms. The van der Waals surface area contributed by atoms with Crippen LogP contribution in [0, 0.1) is 6.92 Å². The Labute approximate surface area is 81.0 Å². The molecule has 0 saturated carbocycles. The van der Waals surface area contributed by atoms with Crippen molar-refractivity contribution in [3.05, 3.63) is 40.2 Å². The van der Waals surface area contributed by atoms with Crippen LogP contribution in [0.15, 0.2) is 34.0 Å². The third kappa shape index (κ3) is 1.47. The van der Waals surface area contributed by atoms with E-state index in [1.165, 1.54) is 0 Å². The minimum Gasteiger partial charge on any atom is -0.322 e. The standard InChI is InChI=1S/C10H9NOS/c1-6-4-7-5-8(13)2-3-9(7)11-10(6)12/h2-5,13H,1H3,(H,11,12). The van der Waals surface area contributed by atoms with E-state index in [1.807, 2.05) is 24.3 Å². The highest BCUT2D eigenvalue weighted by Gasteiger charge is 1.97. The molecule has 0 aliphatic heterocycles. The zero-order valence-electron chi connectivity index (χ0n) is 7.16. The van der Waals surface area contributed by atoms with Crippen molar-refractivity contribution in [3.63, 3.8) is 0 Å². The molecule has 0 bridgehead atoms. The summed E-state index contributed by atoms with van der Waals surface area (Å²) in [6.45, 7) is 1.80. The molecule has 2 rings (SSSR count). The van der Waals surface area contributed by atoms with Gasteiger partial charge in [0.1, 0.15) is 0 Å². The first-order chi connectivity index (χ1) is 6.16. The molecule has 0 aliphatic rings. The first-order valence-corrected chi connectivity index (χ1v) is 4.44. The Bertz CT molecular complexity index is 516. The predicted molar refractivity (Wildman–Crippen MR) is 56.6 cm³/mol. The first-order valence-electron chi connectivity index (χ1n) is 3.99. The lowest BCUT2D eigenvalue weighted by molar-refractivity contribution is 1.23. The summed E-state index contributed by atoms with van der Waals surface area (Å²) < 4.78 is 0. The van der Waals surface area contributed by atoms with Crippen LogP contribution in [0.3, 0.4) is 0 Å². The second kappa shape index (κ2) is 2.92. The molecule has 1 aromatic heterocycles. The second-order valence-electron chi connectivity index (χ2n) is 3.05. The number of aryl methyl sites for hydroxylation is 1. The molecule has 1 N–H and O–H groups in total. The van der Waals surface area contributed by atoms with Crippen LogP contribution in [0.2, 0.25) is 0 Å². The Morgan fingerprint density at radius 3 is 2.85 bits per heavy atom. The Morgan fingerprint density at radius 1 is 1.31 bits per heavy atom. The smallest absolute Gasteiger partial charge is 0.251 e. The van der Waals surface area contributed by atoms with Gasteiger partial charge in [-0.15, -0.1) is 12.6 Å². The number of thiol groups is 1. The molecule has 0 unspecified atom stereocenters. The topological polar surface area (TPSA) is 32.9 Å². The van der Waals surface area contributed by atoms with Gasteiger partial charge in [0.15, 0.2) is 0 Å². The number of benzene rings is 1. The Morgan fingerprint density at radius 2 is 2.08 bits per heavy atom. The fraction of sp³-hybridized carbons (Fsp3) is 0.100. The van der Waals surface area contributed by atoms with Crippen molar-refractivity contribution in [1.82, 2.24) is 4.98 Å². The van der Waals surface area contributed by atoms with E-state index in [2.05, 4.69) is 17.6 Å². The van der Waals surface area contributed by atoms with Crippen LogP contribution in [-0.2, 0) is 0 Å². The number of rotatable bonds is 0. The monoisotopic (exact) mass is 191 g/mol. The lowest BCUT2D eigenvalue weighted by Crippen LogP contribution is -2.08. The maximum absolute atomic E-state index is 11.2. The zero-order valence-corrected chi connectivity index (χ0v) is 8.06. The number of pyridine rings is 1. The zero-order chi connectivity index (χ0) is 9.42. The minimum atomic E-state index is -0.0283. The van der Waals surface area contributed by atoms with Gasteiger partial charge in [0.25, 0.3) is 5.56 Å². The van der Waals surface area contributed by atoms with Crippen molar-refractivity contribution < 1.29 is 0 Å². The van der Waals surface area contributed by atoms with E-state index in [1.54, 1.807) is 6.92 Å². The van der Waals surface area contributed by atoms with Gasteiger partial charge < -0.3 is 4.98 Å². The minimum absolute atomic E-state index is 0.0283. The van der Waals surface area contributed by atoms with E-state index in [9.17, 15) is 4.79 Å². The lowest BCUT2D eigenvalue weighted by atomic mass is 10.2. The van der Waals surface area contributed by atoms with Crippen LogP contribution >= 0.6 is 12.6 Å². The average Bonchev–Trinajstić information content (AvgIpc) is 2.08. The molecular weight excluding hydrogens is 182 g/mol. The van der Waals surface area contributed by atoms with Crippen molar-refractivity contribution in [2.45, 2.75) is 11.8 Å². The van der Waals surface area contributed by atoms with Crippen LogP contribution in [0.5, 0.6) is 0 Å². The molecule has 66 valence electrons. The molecule has 2 aromatic rings. The van der Waals surface area contributed by atoms with Gasteiger partial charge in [-0.1, -0.05) is 0 Å². The molecular formula is C10H9NOS. The second-order valence-corrected chi connectivity index (χ2v) is 3.57. The molecule has 0 saturated heterocycles. The third-order valence-electron chi connectivity index (χ3n) is 2.01. The predicted octanol–water partition coefficient (Wildman–Crippen LogP) is 2.13. The maximum Gasteiger partial charge on any atom is 0.251 e. The Hall–Kier alpha value is -1.22. The largest absolute Gasteiger partial charge is 0.322 e. The molecule has 0 amide bonds. The van der Waals surface area contributed by atoms with E-state index in [-0.39, 0.29) is 5.56 Å². The highest BCUT2D eigenvalue weighted by molar-refractivity contribution is 7.80. The summed E-state index contributed by atoms with van der Waals surface area (Å²) in [6.07, 6.45) is 0. The Balaban J connectivity index is 2.89. The lowest BCUT2D eigenvalue weighted by Gasteiger charge is -1.99. The number of aromatic nitrogens is 1. The number of hydrogen-bond donors (Lipinski definition) is 2. The summed E-state index contributed by atoms with van der Waals surface area (Å²) in [5, 5.41) is 1.02. The van der Waals surface area contributed by atoms with E-state index >= 15 is 0 Å². The molecule has 0 spiro atoms.